The molecule has 17 heavy (non-hydrogen) atoms. The minimum absolute atomic E-state index is 0.00481. The van der Waals surface area contributed by atoms with Crippen molar-refractivity contribution in [3.05, 3.63) is 0 Å². The Morgan fingerprint density at radius 1 is 1.18 bits per heavy atom. The first-order chi connectivity index (χ1) is 7.81. The second kappa shape index (κ2) is 3.27. The molecule has 0 amide bonds. The zero-order valence-corrected chi connectivity index (χ0v) is 11.8. The van der Waals surface area contributed by atoms with E-state index in [2.05, 4.69) is 27.7 Å². The van der Waals surface area contributed by atoms with Gasteiger partial charge in [0.25, 0.3) is 0 Å². The Labute approximate surface area is 104 Å². The molecule has 0 saturated carbocycles. The number of hydrogen-bond donors (Lipinski definition) is 0. The lowest BCUT2D eigenvalue weighted by molar-refractivity contribution is -0.00729. The molecule has 3 heterocycles. The van der Waals surface area contributed by atoms with Crippen LogP contribution in [0.2, 0.25) is 0 Å². The zero-order valence-electron chi connectivity index (χ0n) is 11.0. The van der Waals surface area contributed by atoms with Crippen molar-refractivity contribution in [2.75, 3.05) is 5.75 Å². The van der Waals surface area contributed by atoms with Crippen molar-refractivity contribution in [2.45, 2.75) is 51.6 Å². The van der Waals surface area contributed by atoms with E-state index in [1.807, 2.05) is 0 Å². The van der Waals surface area contributed by atoms with Crippen LogP contribution in [0, 0.1) is 23.2 Å². The molecular weight excluding hydrogens is 236 g/mol. The van der Waals surface area contributed by atoms with Gasteiger partial charge in [-0.15, -0.1) is 0 Å². The largest absolute Gasteiger partial charge is 0.373 e. The molecule has 3 saturated heterocycles. The van der Waals surface area contributed by atoms with E-state index in [9.17, 15) is 8.42 Å². The summed E-state index contributed by atoms with van der Waals surface area (Å²) in [6.07, 6.45) is 0.898. The van der Waals surface area contributed by atoms with Crippen molar-refractivity contribution < 1.29 is 13.2 Å². The quantitative estimate of drug-likeness (QED) is 0.759. The molecule has 0 aliphatic carbocycles. The molecule has 3 aliphatic rings. The minimum atomic E-state index is -2.89. The first-order valence-corrected chi connectivity index (χ1v) is 8.40. The molecular formula is C13H22O3S. The molecule has 98 valence electrons. The number of ether oxygens (including phenoxy) is 1. The van der Waals surface area contributed by atoms with E-state index >= 15 is 0 Å². The standard InChI is InChI=1S/C13H22O3S/c1-7(2)13(8(3)4)9-6-17(14,15)10-5-11(13)16-12(9)10/h7-12H,5-6H2,1-4H3. The van der Waals surface area contributed by atoms with Gasteiger partial charge in [-0.3, -0.25) is 0 Å². The lowest BCUT2D eigenvalue weighted by Gasteiger charge is -2.46. The summed E-state index contributed by atoms with van der Waals surface area (Å²) in [6.45, 7) is 8.90. The maximum atomic E-state index is 12.1. The minimum Gasteiger partial charge on any atom is -0.373 e. The smallest absolute Gasteiger partial charge is 0.156 e. The number of sulfone groups is 1. The van der Waals surface area contributed by atoms with Gasteiger partial charge in [-0.25, -0.2) is 8.42 Å². The van der Waals surface area contributed by atoms with Crippen LogP contribution in [0.1, 0.15) is 34.1 Å². The third-order valence-corrected chi connectivity index (χ3v) is 7.81. The van der Waals surface area contributed by atoms with Gasteiger partial charge in [0, 0.05) is 11.3 Å². The summed E-state index contributed by atoms with van der Waals surface area (Å²) >= 11 is 0. The molecule has 0 spiro atoms. The van der Waals surface area contributed by atoms with Gasteiger partial charge in [0.05, 0.1) is 23.2 Å². The third kappa shape index (κ3) is 1.19. The van der Waals surface area contributed by atoms with E-state index < -0.39 is 9.84 Å². The van der Waals surface area contributed by atoms with E-state index in [0.29, 0.717) is 17.6 Å². The van der Waals surface area contributed by atoms with Gasteiger partial charge in [-0.2, -0.15) is 0 Å². The highest BCUT2D eigenvalue weighted by Crippen LogP contribution is 2.64. The van der Waals surface area contributed by atoms with Crippen molar-refractivity contribution in [3.8, 4) is 0 Å². The van der Waals surface area contributed by atoms with E-state index in [0.717, 1.165) is 6.42 Å². The second-order valence-corrected chi connectivity index (χ2v) is 8.87. The van der Waals surface area contributed by atoms with Crippen molar-refractivity contribution in [1.29, 1.82) is 0 Å². The maximum Gasteiger partial charge on any atom is 0.156 e. The summed E-state index contributed by atoms with van der Waals surface area (Å²) in [4.78, 5) is 0. The fraction of sp³-hybridized carbons (Fsp3) is 1.00. The molecule has 3 aliphatic heterocycles. The van der Waals surface area contributed by atoms with E-state index in [1.165, 1.54) is 0 Å². The highest BCUT2D eigenvalue weighted by atomic mass is 32.2. The van der Waals surface area contributed by atoms with Gasteiger partial charge in [0.1, 0.15) is 0 Å². The van der Waals surface area contributed by atoms with E-state index in [4.69, 9.17) is 4.74 Å². The van der Waals surface area contributed by atoms with Crippen LogP contribution in [0.4, 0.5) is 0 Å². The summed E-state index contributed by atoms with van der Waals surface area (Å²) in [5.74, 6) is 1.56. The molecule has 2 bridgehead atoms. The molecule has 0 aromatic heterocycles. The predicted molar refractivity (Wildman–Crippen MR) is 66.5 cm³/mol. The summed E-state index contributed by atoms with van der Waals surface area (Å²) in [6, 6.07) is 0. The van der Waals surface area contributed by atoms with Crippen molar-refractivity contribution in [2.24, 2.45) is 23.2 Å². The fourth-order valence-corrected chi connectivity index (χ4v) is 7.46. The van der Waals surface area contributed by atoms with Crippen molar-refractivity contribution >= 4 is 9.84 Å². The lowest BCUT2D eigenvalue weighted by atomic mass is 9.56. The van der Waals surface area contributed by atoms with Crippen LogP contribution in [0.15, 0.2) is 0 Å². The van der Waals surface area contributed by atoms with Gasteiger partial charge >= 0.3 is 0 Å². The average molecular weight is 258 g/mol. The number of fused-ring (bicyclic) bond motifs is 1. The van der Waals surface area contributed by atoms with Crippen LogP contribution in [0.25, 0.3) is 0 Å². The molecule has 0 radical (unpaired) electrons. The highest BCUT2D eigenvalue weighted by Gasteiger charge is 2.71. The van der Waals surface area contributed by atoms with Gasteiger partial charge in [0.2, 0.25) is 0 Å². The Morgan fingerprint density at radius 2 is 1.76 bits per heavy atom. The summed E-state index contributed by atoms with van der Waals surface area (Å²) < 4.78 is 30.3. The Kier molecular flexibility index (Phi) is 2.30. The van der Waals surface area contributed by atoms with Gasteiger partial charge in [-0.05, 0) is 18.3 Å². The van der Waals surface area contributed by atoms with Crippen LogP contribution >= 0.6 is 0 Å². The molecule has 0 N–H and O–H groups in total. The van der Waals surface area contributed by atoms with Crippen LogP contribution in [-0.2, 0) is 14.6 Å². The highest BCUT2D eigenvalue weighted by molar-refractivity contribution is 7.92. The number of hydrogen-bond acceptors (Lipinski definition) is 3. The van der Waals surface area contributed by atoms with E-state index in [1.54, 1.807) is 0 Å². The Balaban J connectivity index is 2.12. The second-order valence-electron chi connectivity index (χ2n) is 6.61. The molecule has 3 fully saturated rings. The fourth-order valence-electron chi connectivity index (χ4n) is 5.11. The average Bonchev–Trinajstić information content (AvgIpc) is 2.75. The van der Waals surface area contributed by atoms with Crippen LogP contribution in [-0.4, -0.2) is 31.6 Å². The first-order valence-electron chi connectivity index (χ1n) is 6.68. The van der Waals surface area contributed by atoms with Crippen LogP contribution in [0.5, 0.6) is 0 Å². The topological polar surface area (TPSA) is 43.4 Å². The monoisotopic (exact) mass is 258 g/mol. The molecule has 4 unspecified atom stereocenters. The van der Waals surface area contributed by atoms with Gasteiger partial charge < -0.3 is 4.74 Å². The van der Waals surface area contributed by atoms with Crippen LogP contribution < -0.4 is 0 Å². The van der Waals surface area contributed by atoms with Gasteiger partial charge in [-0.1, -0.05) is 27.7 Å². The molecule has 3 rings (SSSR count). The van der Waals surface area contributed by atoms with E-state index in [-0.39, 0.29) is 28.8 Å². The molecule has 4 heteroatoms. The lowest BCUT2D eigenvalue weighted by Crippen LogP contribution is -2.49. The molecule has 4 atom stereocenters. The van der Waals surface area contributed by atoms with Gasteiger partial charge in [0.15, 0.2) is 9.84 Å². The predicted octanol–water partition coefficient (Wildman–Crippen LogP) is 1.87. The van der Waals surface area contributed by atoms with Crippen molar-refractivity contribution in [3.63, 3.8) is 0 Å². The summed E-state index contributed by atoms with van der Waals surface area (Å²) in [7, 11) is -2.89. The summed E-state index contributed by atoms with van der Waals surface area (Å²) in [5, 5.41) is -0.192. The molecule has 0 aromatic carbocycles. The Hall–Kier alpha value is -0.0900. The first kappa shape index (κ1) is 12.0. The molecule has 3 nitrogen and oxygen atoms in total. The SMILES string of the molecule is CC(C)C1(C(C)C)C2CC3C(O2)C1CS3(=O)=O. The third-order valence-electron chi connectivity index (χ3n) is 5.60. The van der Waals surface area contributed by atoms with Crippen LogP contribution in [0.3, 0.4) is 0 Å². The molecule has 0 aromatic rings. The Bertz CT molecular complexity index is 430. The summed E-state index contributed by atoms with van der Waals surface area (Å²) in [5.41, 5.74) is 0.0741. The number of rotatable bonds is 2. The van der Waals surface area contributed by atoms with Crippen molar-refractivity contribution in [1.82, 2.24) is 0 Å². The normalized spacial score (nSPS) is 45.1. The zero-order chi connectivity index (χ0) is 12.6. The Morgan fingerprint density at radius 3 is 2.29 bits per heavy atom. The maximum absolute atomic E-state index is 12.1.